The summed E-state index contributed by atoms with van der Waals surface area (Å²) in [5.74, 6) is 0.178. The SMILES string of the molecule is COC(CN)CC(=O)N1CCN(C2CC2)CC1.Cl.Cl. The van der Waals surface area contributed by atoms with Crippen LogP contribution in [0.25, 0.3) is 0 Å². The van der Waals surface area contributed by atoms with Crippen LogP contribution >= 0.6 is 24.8 Å². The molecule has 1 aliphatic heterocycles. The van der Waals surface area contributed by atoms with Crippen molar-refractivity contribution < 1.29 is 9.53 Å². The Bertz CT molecular complexity index is 266. The molecule has 2 rings (SSSR count). The summed E-state index contributed by atoms with van der Waals surface area (Å²) in [5, 5.41) is 0. The average molecular weight is 314 g/mol. The van der Waals surface area contributed by atoms with Crippen molar-refractivity contribution in [1.82, 2.24) is 9.80 Å². The standard InChI is InChI=1S/C12H23N3O2.2ClH/c1-17-11(9-13)8-12(16)15-6-4-14(5-7-15)10-2-3-10;;/h10-11H,2-9,13H2,1H3;2*1H. The molecule has 0 spiro atoms. The van der Waals surface area contributed by atoms with Gasteiger partial charge in [-0.05, 0) is 12.8 Å². The fourth-order valence-electron chi connectivity index (χ4n) is 2.36. The van der Waals surface area contributed by atoms with Gasteiger partial charge in [0.25, 0.3) is 0 Å². The summed E-state index contributed by atoms with van der Waals surface area (Å²) in [7, 11) is 1.61. The minimum Gasteiger partial charge on any atom is -0.380 e. The Morgan fingerprint density at radius 1 is 1.26 bits per heavy atom. The molecule has 1 heterocycles. The van der Waals surface area contributed by atoms with Gasteiger partial charge in [-0.25, -0.2) is 0 Å². The minimum atomic E-state index is -0.135. The van der Waals surface area contributed by atoms with Gasteiger partial charge in [0.2, 0.25) is 5.91 Å². The summed E-state index contributed by atoms with van der Waals surface area (Å²) in [4.78, 5) is 16.4. The van der Waals surface area contributed by atoms with Crippen LogP contribution in [0, 0.1) is 0 Å². The number of methoxy groups -OCH3 is 1. The lowest BCUT2D eigenvalue weighted by molar-refractivity contribution is -0.135. The van der Waals surface area contributed by atoms with E-state index in [0.717, 1.165) is 32.2 Å². The van der Waals surface area contributed by atoms with E-state index in [-0.39, 0.29) is 36.8 Å². The maximum absolute atomic E-state index is 12.0. The number of rotatable bonds is 5. The highest BCUT2D eigenvalue weighted by Crippen LogP contribution is 2.27. The van der Waals surface area contributed by atoms with Crippen LogP contribution < -0.4 is 5.73 Å². The molecule has 1 amide bonds. The Morgan fingerprint density at radius 2 is 1.84 bits per heavy atom. The number of carbonyl (C=O) groups excluding carboxylic acids is 1. The van der Waals surface area contributed by atoms with Gasteiger partial charge in [0.05, 0.1) is 12.5 Å². The van der Waals surface area contributed by atoms with E-state index in [1.807, 2.05) is 4.90 Å². The summed E-state index contributed by atoms with van der Waals surface area (Å²) in [6.07, 6.45) is 2.96. The zero-order valence-electron chi connectivity index (χ0n) is 11.4. The summed E-state index contributed by atoms with van der Waals surface area (Å²) >= 11 is 0. The molecule has 1 saturated carbocycles. The van der Waals surface area contributed by atoms with Crippen molar-refractivity contribution in [3.63, 3.8) is 0 Å². The van der Waals surface area contributed by atoms with Crippen LogP contribution in [-0.2, 0) is 9.53 Å². The number of amides is 1. The molecular weight excluding hydrogens is 289 g/mol. The van der Waals surface area contributed by atoms with Gasteiger partial charge in [-0.2, -0.15) is 0 Å². The second kappa shape index (κ2) is 8.97. The molecule has 7 heteroatoms. The van der Waals surface area contributed by atoms with E-state index in [0.29, 0.717) is 13.0 Å². The van der Waals surface area contributed by atoms with Crippen LogP contribution in [0.5, 0.6) is 0 Å². The van der Waals surface area contributed by atoms with Crippen LogP contribution in [0.2, 0.25) is 0 Å². The van der Waals surface area contributed by atoms with Crippen molar-refractivity contribution in [2.75, 3.05) is 39.8 Å². The van der Waals surface area contributed by atoms with E-state index in [4.69, 9.17) is 10.5 Å². The lowest BCUT2D eigenvalue weighted by Crippen LogP contribution is -2.50. The molecule has 0 aromatic carbocycles. The number of nitrogens with two attached hydrogens (primary N) is 1. The molecule has 2 aliphatic rings. The summed E-state index contributed by atoms with van der Waals surface area (Å²) in [6, 6.07) is 0.808. The highest BCUT2D eigenvalue weighted by molar-refractivity contribution is 5.85. The van der Waals surface area contributed by atoms with Crippen molar-refractivity contribution in [1.29, 1.82) is 0 Å². The predicted molar refractivity (Wildman–Crippen MR) is 80.1 cm³/mol. The molecule has 1 aliphatic carbocycles. The van der Waals surface area contributed by atoms with E-state index >= 15 is 0 Å². The van der Waals surface area contributed by atoms with E-state index in [1.54, 1.807) is 7.11 Å². The molecule has 0 bridgehead atoms. The minimum absolute atomic E-state index is 0. The second-order valence-electron chi connectivity index (χ2n) is 4.95. The highest BCUT2D eigenvalue weighted by Gasteiger charge is 2.32. The molecule has 2 fully saturated rings. The highest BCUT2D eigenvalue weighted by atomic mass is 35.5. The molecule has 1 saturated heterocycles. The van der Waals surface area contributed by atoms with Crippen LogP contribution in [-0.4, -0.2) is 67.7 Å². The lowest BCUT2D eigenvalue weighted by atomic mass is 10.2. The first-order valence-electron chi connectivity index (χ1n) is 6.49. The van der Waals surface area contributed by atoms with E-state index in [9.17, 15) is 4.79 Å². The van der Waals surface area contributed by atoms with E-state index in [2.05, 4.69) is 4.90 Å². The van der Waals surface area contributed by atoms with Crippen molar-refractivity contribution >= 4 is 30.7 Å². The number of piperazine rings is 1. The number of hydrogen-bond acceptors (Lipinski definition) is 4. The Kier molecular flexibility index (Phi) is 8.94. The fourth-order valence-corrected chi connectivity index (χ4v) is 2.36. The van der Waals surface area contributed by atoms with Gasteiger partial charge in [-0.3, -0.25) is 9.69 Å². The fraction of sp³-hybridized carbons (Fsp3) is 0.917. The molecule has 2 N–H and O–H groups in total. The zero-order chi connectivity index (χ0) is 12.3. The normalized spacial score (nSPS) is 21.3. The van der Waals surface area contributed by atoms with Crippen molar-refractivity contribution in [3.05, 3.63) is 0 Å². The largest absolute Gasteiger partial charge is 0.380 e. The Hall–Kier alpha value is -0.0700. The maximum atomic E-state index is 12.0. The summed E-state index contributed by atoms with van der Waals surface area (Å²) in [6.45, 7) is 4.17. The van der Waals surface area contributed by atoms with Gasteiger partial charge >= 0.3 is 0 Å². The average Bonchev–Trinajstić information content (AvgIpc) is 3.20. The first-order valence-corrected chi connectivity index (χ1v) is 6.49. The first kappa shape index (κ1) is 18.9. The van der Waals surface area contributed by atoms with E-state index < -0.39 is 0 Å². The molecule has 0 aromatic heterocycles. The third-order valence-corrected chi connectivity index (χ3v) is 3.73. The van der Waals surface area contributed by atoms with Gasteiger partial charge in [-0.15, -0.1) is 24.8 Å². The molecule has 0 aromatic rings. The van der Waals surface area contributed by atoms with Crippen molar-refractivity contribution in [2.45, 2.75) is 31.4 Å². The quantitative estimate of drug-likeness (QED) is 0.803. The second-order valence-corrected chi connectivity index (χ2v) is 4.95. The van der Waals surface area contributed by atoms with Gasteiger partial charge in [-0.1, -0.05) is 0 Å². The van der Waals surface area contributed by atoms with Gasteiger partial charge < -0.3 is 15.4 Å². The van der Waals surface area contributed by atoms with Crippen LogP contribution in [0.15, 0.2) is 0 Å². The number of nitrogens with zero attached hydrogens (tertiary/aromatic N) is 2. The topological polar surface area (TPSA) is 58.8 Å². The molecule has 1 unspecified atom stereocenters. The third kappa shape index (κ3) is 5.44. The number of carbonyl (C=O) groups is 1. The molecule has 19 heavy (non-hydrogen) atoms. The van der Waals surface area contributed by atoms with Crippen molar-refractivity contribution in [2.24, 2.45) is 5.73 Å². The Balaban J connectivity index is 0.00000162. The number of ether oxygens (including phenoxy) is 1. The van der Waals surface area contributed by atoms with Gasteiger partial charge in [0.15, 0.2) is 0 Å². The molecule has 5 nitrogen and oxygen atoms in total. The van der Waals surface area contributed by atoms with Crippen LogP contribution in [0.4, 0.5) is 0 Å². The maximum Gasteiger partial charge on any atom is 0.225 e. The first-order chi connectivity index (χ1) is 8.24. The smallest absolute Gasteiger partial charge is 0.225 e. The molecule has 114 valence electrons. The number of halogens is 2. The monoisotopic (exact) mass is 313 g/mol. The predicted octanol–water partition coefficient (Wildman–Crippen LogP) is 0.500. The van der Waals surface area contributed by atoms with Crippen molar-refractivity contribution in [3.8, 4) is 0 Å². The third-order valence-electron chi connectivity index (χ3n) is 3.73. The van der Waals surface area contributed by atoms with E-state index in [1.165, 1.54) is 12.8 Å². The number of hydrogen-bond donors (Lipinski definition) is 1. The summed E-state index contributed by atoms with van der Waals surface area (Å²) < 4.78 is 5.15. The van der Waals surface area contributed by atoms with Gasteiger partial charge in [0, 0.05) is 45.9 Å². The zero-order valence-corrected chi connectivity index (χ0v) is 13.0. The summed E-state index contributed by atoms with van der Waals surface area (Å²) in [5.41, 5.74) is 5.53. The van der Waals surface area contributed by atoms with Crippen LogP contribution in [0.3, 0.4) is 0 Å². The molecular formula is C12H25Cl2N3O2. The Labute approximate surface area is 127 Å². The Morgan fingerprint density at radius 3 is 2.26 bits per heavy atom. The van der Waals surface area contributed by atoms with Crippen LogP contribution in [0.1, 0.15) is 19.3 Å². The lowest BCUT2D eigenvalue weighted by Gasteiger charge is -2.35. The molecule has 0 radical (unpaired) electrons. The molecule has 1 atom stereocenters. The van der Waals surface area contributed by atoms with Gasteiger partial charge in [0.1, 0.15) is 0 Å².